The first-order valence-corrected chi connectivity index (χ1v) is 10.8. The number of methoxy groups -OCH3 is 1. The van der Waals surface area contributed by atoms with Gasteiger partial charge in [-0.2, -0.15) is 0 Å². The molecule has 0 aliphatic carbocycles. The smallest absolute Gasteiger partial charge is 0.234 e. The molecule has 3 rings (SSSR count). The van der Waals surface area contributed by atoms with Crippen LogP contribution in [0.5, 0.6) is 11.5 Å². The van der Waals surface area contributed by atoms with Crippen LogP contribution in [0.3, 0.4) is 0 Å². The Morgan fingerprint density at radius 3 is 2.70 bits per heavy atom. The summed E-state index contributed by atoms with van der Waals surface area (Å²) in [5.74, 6) is 1.99. The number of hydrogen-bond acceptors (Lipinski definition) is 6. The van der Waals surface area contributed by atoms with Crippen LogP contribution < -0.4 is 14.8 Å². The summed E-state index contributed by atoms with van der Waals surface area (Å²) in [7, 11) is 1.54. The van der Waals surface area contributed by atoms with E-state index in [1.54, 1.807) is 18.2 Å². The number of rotatable bonds is 9. The van der Waals surface area contributed by atoms with E-state index in [-0.39, 0.29) is 17.8 Å². The number of anilines is 1. The zero-order valence-electron chi connectivity index (χ0n) is 17.0. The van der Waals surface area contributed by atoms with Crippen LogP contribution in [0.15, 0.2) is 53.7 Å². The van der Waals surface area contributed by atoms with Gasteiger partial charge >= 0.3 is 0 Å². The first-order chi connectivity index (χ1) is 14.5. The highest BCUT2D eigenvalue weighted by Gasteiger charge is 2.19. The molecule has 0 radical (unpaired) electrons. The van der Waals surface area contributed by atoms with Crippen LogP contribution >= 0.6 is 23.4 Å². The van der Waals surface area contributed by atoms with E-state index < -0.39 is 0 Å². The van der Waals surface area contributed by atoms with E-state index in [4.69, 9.17) is 21.1 Å². The highest BCUT2D eigenvalue weighted by atomic mass is 35.5. The number of carbonyl (C=O) groups is 1. The van der Waals surface area contributed by atoms with Crippen molar-refractivity contribution in [1.82, 2.24) is 14.8 Å². The molecule has 1 amide bonds. The van der Waals surface area contributed by atoms with Crippen molar-refractivity contribution >= 4 is 35.0 Å². The Kier molecular flexibility index (Phi) is 7.59. The lowest BCUT2D eigenvalue weighted by molar-refractivity contribution is -0.113. The Bertz CT molecular complexity index is 997. The molecule has 2 aromatic carbocycles. The number of thioether (sulfide) groups is 1. The summed E-state index contributed by atoms with van der Waals surface area (Å²) < 4.78 is 13.2. The number of amides is 1. The van der Waals surface area contributed by atoms with Crippen LogP contribution in [-0.4, -0.2) is 33.5 Å². The third-order valence-electron chi connectivity index (χ3n) is 4.25. The van der Waals surface area contributed by atoms with Crippen molar-refractivity contribution < 1.29 is 14.3 Å². The minimum Gasteiger partial charge on any atom is -0.495 e. The molecular formula is C21H23ClN4O3S. The molecule has 9 heteroatoms. The first kappa shape index (κ1) is 22.0. The number of para-hydroxylation sites is 1. The molecule has 0 spiro atoms. The van der Waals surface area contributed by atoms with Crippen molar-refractivity contribution in [3.63, 3.8) is 0 Å². The summed E-state index contributed by atoms with van der Waals surface area (Å²) in [5, 5.41) is 12.5. The molecule has 3 aromatic rings. The summed E-state index contributed by atoms with van der Waals surface area (Å²) >= 11 is 7.32. The molecule has 0 aliphatic rings. The second kappa shape index (κ2) is 10.4. The number of benzene rings is 2. The van der Waals surface area contributed by atoms with Crippen molar-refractivity contribution in [1.29, 1.82) is 0 Å². The van der Waals surface area contributed by atoms with E-state index in [0.717, 1.165) is 5.75 Å². The predicted molar refractivity (Wildman–Crippen MR) is 119 cm³/mol. The highest BCUT2D eigenvalue weighted by molar-refractivity contribution is 7.99. The fourth-order valence-electron chi connectivity index (χ4n) is 2.85. The topological polar surface area (TPSA) is 78.3 Å². The normalized spacial score (nSPS) is 11.7. The van der Waals surface area contributed by atoms with Crippen LogP contribution in [0.4, 0.5) is 5.69 Å². The van der Waals surface area contributed by atoms with E-state index in [2.05, 4.69) is 15.5 Å². The minimum absolute atomic E-state index is 0.168. The highest BCUT2D eigenvalue weighted by Crippen LogP contribution is 2.28. The van der Waals surface area contributed by atoms with Gasteiger partial charge in [0.05, 0.1) is 18.6 Å². The maximum atomic E-state index is 12.4. The van der Waals surface area contributed by atoms with Gasteiger partial charge in [0.1, 0.15) is 11.5 Å². The van der Waals surface area contributed by atoms with Crippen LogP contribution in [0.2, 0.25) is 5.02 Å². The fraction of sp³-hybridized carbons (Fsp3) is 0.286. The maximum Gasteiger partial charge on any atom is 0.234 e. The minimum atomic E-state index is -0.279. The number of ether oxygens (including phenoxy) is 2. The average Bonchev–Trinajstić information content (AvgIpc) is 3.16. The molecular weight excluding hydrogens is 424 g/mol. The van der Waals surface area contributed by atoms with E-state index in [0.29, 0.717) is 34.0 Å². The van der Waals surface area contributed by atoms with Crippen LogP contribution in [-0.2, 0) is 11.3 Å². The van der Waals surface area contributed by atoms with Gasteiger partial charge in [0.15, 0.2) is 17.1 Å². The number of carbonyl (C=O) groups excluding carboxylic acids is 1. The van der Waals surface area contributed by atoms with Gasteiger partial charge in [-0.25, -0.2) is 0 Å². The standard InChI is InChI=1S/C21H23ClN4O3S/c1-4-26-20(14(2)29-16-8-6-5-7-9-16)24-25-21(26)30-13-19(27)23-17-12-15(22)10-11-18(17)28-3/h5-12,14H,4,13H2,1-3H3,(H,23,27). The molecule has 1 N–H and O–H groups in total. The summed E-state index contributed by atoms with van der Waals surface area (Å²) in [6, 6.07) is 14.6. The Morgan fingerprint density at radius 2 is 2.00 bits per heavy atom. The van der Waals surface area contributed by atoms with Gasteiger partial charge < -0.3 is 19.4 Å². The number of hydrogen-bond donors (Lipinski definition) is 1. The van der Waals surface area contributed by atoms with Crippen LogP contribution in [0.1, 0.15) is 25.8 Å². The quantitative estimate of drug-likeness (QED) is 0.474. The number of halogens is 1. The van der Waals surface area contributed by atoms with E-state index in [1.807, 2.05) is 48.7 Å². The van der Waals surface area contributed by atoms with Crippen molar-refractivity contribution in [3.8, 4) is 11.5 Å². The molecule has 0 bridgehead atoms. The van der Waals surface area contributed by atoms with Gasteiger partial charge in [-0.3, -0.25) is 4.79 Å². The molecule has 30 heavy (non-hydrogen) atoms. The molecule has 1 aromatic heterocycles. The van der Waals surface area contributed by atoms with Gasteiger partial charge in [-0.05, 0) is 44.2 Å². The van der Waals surface area contributed by atoms with Gasteiger partial charge in [0, 0.05) is 11.6 Å². The van der Waals surface area contributed by atoms with Crippen molar-refractivity contribution in [2.24, 2.45) is 0 Å². The number of nitrogens with zero attached hydrogens (tertiary/aromatic N) is 3. The first-order valence-electron chi connectivity index (χ1n) is 9.42. The van der Waals surface area contributed by atoms with Crippen molar-refractivity contribution in [2.45, 2.75) is 31.7 Å². The monoisotopic (exact) mass is 446 g/mol. The van der Waals surface area contributed by atoms with E-state index in [9.17, 15) is 4.79 Å². The molecule has 1 heterocycles. The second-order valence-electron chi connectivity index (χ2n) is 6.34. The summed E-state index contributed by atoms with van der Waals surface area (Å²) in [6.45, 7) is 4.59. The van der Waals surface area contributed by atoms with Crippen LogP contribution in [0.25, 0.3) is 0 Å². The average molecular weight is 447 g/mol. The Labute approximate surface area is 184 Å². The lowest BCUT2D eigenvalue weighted by Gasteiger charge is -2.15. The molecule has 0 saturated carbocycles. The molecule has 1 atom stereocenters. The molecule has 7 nitrogen and oxygen atoms in total. The third kappa shape index (κ3) is 5.46. The van der Waals surface area contributed by atoms with E-state index in [1.165, 1.54) is 18.9 Å². The van der Waals surface area contributed by atoms with Gasteiger partial charge in [-0.15, -0.1) is 10.2 Å². The van der Waals surface area contributed by atoms with Crippen molar-refractivity contribution in [2.75, 3.05) is 18.2 Å². The summed E-state index contributed by atoms with van der Waals surface area (Å²) in [5.41, 5.74) is 0.526. The molecule has 0 saturated heterocycles. The van der Waals surface area contributed by atoms with Gasteiger partial charge in [0.25, 0.3) is 0 Å². The molecule has 158 valence electrons. The summed E-state index contributed by atoms with van der Waals surface area (Å²) in [6.07, 6.45) is -0.279. The zero-order valence-corrected chi connectivity index (χ0v) is 18.5. The van der Waals surface area contributed by atoms with Crippen LogP contribution in [0, 0.1) is 0 Å². The summed E-state index contributed by atoms with van der Waals surface area (Å²) in [4.78, 5) is 12.4. The van der Waals surface area contributed by atoms with E-state index >= 15 is 0 Å². The van der Waals surface area contributed by atoms with Gasteiger partial charge in [-0.1, -0.05) is 41.6 Å². The lowest BCUT2D eigenvalue weighted by atomic mass is 10.3. The Balaban J connectivity index is 1.64. The van der Waals surface area contributed by atoms with Gasteiger partial charge in [0.2, 0.25) is 5.91 Å². The SMILES string of the molecule is CCn1c(SCC(=O)Nc2cc(Cl)ccc2OC)nnc1C(C)Oc1ccccc1. The third-order valence-corrected chi connectivity index (χ3v) is 5.45. The fourth-order valence-corrected chi connectivity index (χ4v) is 3.84. The molecule has 0 aliphatic heterocycles. The lowest BCUT2D eigenvalue weighted by Crippen LogP contribution is -2.16. The largest absolute Gasteiger partial charge is 0.495 e. The predicted octanol–water partition coefficient (Wildman–Crippen LogP) is 4.83. The second-order valence-corrected chi connectivity index (χ2v) is 7.72. The number of nitrogens with one attached hydrogen (secondary N) is 1. The Morgan fingerprint density at radius 1 is 1.23 bits per heavy atom. The van der Waals surface area contributed by atoms with Crippen molar-refractivity contribution in [3.05, 3.63) is 59.4 Å². The number of aromatic nitrogens is 3. The molecule has 0 fully saturated rings. The zero-order chi connectivity index (χ0) is 21.5. The molecule has 1 unspecified atom stereocenters. The Hall–Kier alpha value is -2.71. The maximum absolute atomic E-state index is 12.4.